The highest BCUT2D eigenvalue weighted by molar-refractivity contribution is 6.36. The van der Waals surface area contributed by atoms with E-state index in [1.807, 2.05) is 0 Å². The van der Waals surface area contributed by atoms with E-state index in [0.717, 1.165) is 0 Å². The van der Waals surface area contributed by atoms with Crippen molar-refractivity contribution in [3.8, 4) is 0 Å². The summed E-state index contributed by atoms with van der Waals surface area (Å²) in [5.74, 6) is -1.16. The second-order valence-electron chi connectivity index (χ2n) is 6.10. The maximum Gasteiger partial charge on any atom is 0.306 e. The molecule has 0 bridgehead atoms. The number of aliphatic carboxylic acids is 1. The number of rotatable bonds is 4. The highest BCUT2D eigenvalue weighted by Crippen LogP contribution is 2.25. The quantitative estimate of drug-likeness (QED) is 0.867. The van der Waals surface area contributed by atoms with Gasteiger partial charge in [-0.15, -0.1) is 0 Å². The molecule has 0 aromatic carbocycles. The lowest BCUT2D eigenvalue weighted by Crippen LogP contribution is -2.39. The number of carboxylic acids is 1. The summed E-state index contributed by atoms with van der Waals surface area (Å²) in [5.41, 5.74) is 1.17. The Bertz CT molecular complexity index is 782. The number of hydrogen-bond acceptors (Lipinski definition) is 3. The minimum absolute atomic E-state index is 0.0307. The molecule has 1 fully saturated rings. The van der Waals surface area contributed by atoms with E-state index in [4.69, 9.17) is 28.3 Å². The SMILES string of the molecule is O=C(Cc1cn2cc(Cl)cc(Cl)c2n1)NC1CCC(C(=O)O)CC1. The first-order chi connectivity index (χ1) is 11.4. The largest absolute Gasteiger partial charge is 0.481 e. The van der Waals surface area contributed by atoms with Crippen LogP contribution in [-0.2, 0) is 16.0 Å². The van der Waals surface area contributed by atoms with Crippen molar-refractivity contribution < 1.29 is 14.7 Å². The molecule has 2 aromatic rings. The normalized spacial score (nSPS) is 20.9. The number of halogens is 2. The molecule has 1 aliphatic carbocycles. The number of carbonyl (C=O) groups is 2. The van der Waals surface area contributed by atoms with E-state index in [9.17, 15) is 9.59 Å². The van der Waals surface area contributed by atoms with Crippen molar-refractivity contribution in [3.05, 3.63) is 34.2 Å². The zero-order chi connectivity index (χ0) is 17.3. The van der Waals surface area contributed by atoms with Gasteiger partial charge in [-0.1, -0.05) is 23.2 Å². The fraction of sp³-hybridized carbons (Fsp3) is 0.438. The predicted octanol–water partition coefficient (Wildman–Crippen LogP) is 2.94. The van der Waals surface area contributed by atoms with Gasteiger partial charge in [-0.3, -0.25) is 9.59 Å². The molecule has 2 heterocycles. The number of hydrogen-bond donors (Lipinski definition) is 2. The summed E-state index contributed by atoms with van der Waals surface area (Å²) in [6.07, 6.45) is 6.14. The molecule has 24 heavy (non-hydrogen) atoms. The van der Waals surface area contributed by atoms with E-state index in [1.54, 1.807) is 22.9 Å². The molecule has 2 aromatic heterocycles. The van der Waals surface area contributed by atoms with Gasteiger partial charge < -0.3 is 14.8 Å². The molecule has 128 valence electrons. The molecule has 0 unspecified atom stereocenters. The molecule has 6 nitrogen and oxygen atoms in total. The van der Waals surface area contributed by atoms with Crippen molar-refractivity contribution in [3.63, 3.8) is 0 Å². The molecule has 0 aliphatic heterocycles. The van der Waals surface area contributed by atoms with Crippen LogP contribution in [0.5, 0.6) is 0 Å². The minimum atomic E-state index is -0.750. The van der Waals surface area contributed by atoms with Crippen molar-refractivity contribution >= 4 is 40.7 Å². The van der Waals surface area contributed by atoms with Crippen LogP contribution in [0, 0.1) is 5.92 Å². The molecular formula is C16H17Cl2N3O3. The Balaban J connectivity index is 1.59. The number of amides is 1. The first-order valence-electron chi connectivity index (χ1n) is 7.77. The van der Waals surface area contributed by atoms with Crippen LogP contribution >= 0.6 is 23.2 Å². The molecule has 3 rings (SSSR count). The van der Waals surface area contributed by atoms with Gasteiger partial charge in [0.05, 0.1) is 28.1 Å². The molecule has 0 spiro atoms. The van der Waals surface area contributed by atoms with E-state index >= 15 is 0 Å². The number of fused-ring (bicyclic) bond motifs is 1. The molecule has 0 saturated heterocycles. The van der Waals surface area contributed by atoms with E-state index in [2.05, 4.69) is 10.3 Å². The number of pyridine rings is 1. The van der Waals surface area contributed by atoms with E-state index in [1.165, 1.54) is 0 Å². The Morgan fingerprint density at radius 3 is 2.62 bits per heavy atom. The fourth-order valence-corrected chi connectivity index (χ4v) is 3.62. The van der Waals surface area contributed by atoms with Gasteiger partial charge in [0.15, 0.2) is 5.65 Å². The van der Waals surface area contributed by atoms with Crippen LogP contribution in [0.2, 0.25) is 10.0 Å². The summed E-state index contributed by atoms with van der Waals surface area (Å²) < 4.78 is 1.70. The minimum Gasteiger partial charge on any atom is -0.481 e. The summed E-state index contributed by atoms with van der Waals surface area (Å²) in [6.45, 7) is 0. The van der Waals surface area contributed by atoms with Gasteiger partial charge in [0.2, 0.25) is 5.91 Å². The van der Waals surface area contributed by atoms with E-state index in [-0.39, 0.29) is 24.3 Å². The average molecular weight is 370 g/mol. The fourth-order valence-electron chi connectivity index (χ4n) is 3.09. The van der Waals surface area contributed by atoms with Crippen LogP contribution in [-0.4, -0.2) is 32.4 Å². The Hall–Kier alpha value is -1.79. The number of carboxylic acid groups (broad SMARTS) is 1. The van der Waals surface area contributed by atoms with Gasteiger partial charge in [0, 0.05) is 18.4 Å². The summed E-state index contributed by atoms with van der Waals surface area (Å²) in [7, 11) is 0. The number of nitrogens with zero attached hydrogens (tertiary/aromatic N) is 2. The highest BCUT2D eigenvalue weighted by Gasteiger charge is 2.26. The zero-order valence-corrected chi connectivity index (χ0v) is 14.3. The molecular weight excluding hydrogens is 353 g/mol. The molecule has 8 heteroatoms. The summed E-state index contributed by atoms with van der Waals surface area (Å²) in [5, 5.41) is 12.9. The first kappa shape index (κ1) is 17.0. The molecule has 1 aliphatic rings. The van der Waals surface area contributed by atoms with Crippen molar-refractivity contribution in [2.24, 2.45) is 5.92 Å². The maximum absolute atomic E-state index is 12.2. The summed E-state index contributed by atoms with van der Waals surface area (Å²) in [6, 6.07) is 1.64. The van der Waals surface area contributed by atoms with Crippen LogP contribution in [0.1, 0.15) is 31.4 Å². The van der Waals surface area contributed by atoms with Gasteiger partial charge in [0.1, 0.15) is 0 Å². The van der Waals surface area contributed by atoms with Crippen LogP contribution in [0.4, 0.5) is 0 Å². The molecule has 2 N–H and O–H groups in total. The van der Waals surface area contributed by atoms with Crippen LogP contribution < -0.4 is 5.32 Å². The Kier molecular flexibility index (Phi) is 4.96. The van der Waals surface area contributed by atoms with Crippen LogP contribution in [0.25, 0.3) is 5.65 Å². The van der Waals surface area contributed by atoms with Crippen molar-refractivity contribution in [2.45, 2.75) is 38.1 Å². The molecule has 0 radical (unpaired) electrons. The third kappa shape index (κ3) is 3.82. The van der Waals surface area contributed by atoms with E-state index < -0.39 is 5.97 Å². The number of aromatic nitrogens is 2. The average Bonchev–Trinajstić information content (AvgIpc) is 2.90. The molecule has 0 atom stereocenters. The zero-order valence-electron chi connectivity index (χ0n) is 12.8. The van der Waals surface area contributed by atoms with Gasteiger partial charge in [0.25, 0.3) is 0 Å². The maximum atomic E-state index is 12.2. The molecule has 1 amide bonds. The second kappa shape index (κ2) is 6.99. The monoisotopic (exact) mass is 369 g/mol. The summed E-state index contributed by atoms with van der Waals surface area (Å²) in [4.78, 5) is 27.5. The van der Waals surface area contributed by atoms with Gasteiger partial charge in [-0.05, 0) is 31.7 Å². The Morgan fingerprint density at radius 2 is 1.96 bits per heavy atom. The third-order valence-corrected chi connectivity index (χ3v) is 4.79. The van der Waals surface area contributed by atoms with Gasteiger partial charge in [-0.2, -0.15) is 0 Å². The lowest BCUT2D eigenvalue weighted by molar-refractivity contribution is -0.142. The lowest BCUT2D eigenvalue weighted by Gasteiger charge is -2.26. The predicted molar refractivity (Wildman–Crippen MR) is 90.4 cm³/mol. The topological polar surface area (TPSA) is 83.7 Å². The Labute approximate surface area is 148 Å². The molecule has 1 saturated carbocycles. The third-order valence-electron chi connectivity index (χ3n) is 4.31. The Morgan fingerprint density at radius 1 is 1.25 bits per heavy atom. The van der Waals surface area contributed by atoms with Crippen molar-refractivity contribution in [2.75, 3.05) is 0 Å². The smallest absolute Gasteiger partial charge is 0.306 e. The van der Waals surface area contributed by atoms with Crippen molar-refractivity contribution in [1.29, 1.82) is 0 Å². The number of imidazole rings is 1. The van der Waals surface area contributed by atoms with Gasteiger partial charge >= 0.3 is 5.97 Å². The number of nitrogens with one attached hydrogen (secondary N) is 1. The first-order valence-corrected chi connectivity index (χ1v) is 8.53. The summed E-state index contributed by atoms with van der Waals surface area (Å²) >= 11 is 12.0. The second-order valence-corrected chi connectivity index (χ2v) is 6.94. The highest BCUT2D eigenvalue weighted by atomic mass is 35.5. The standard InChI is InChI=1S/C16H17Cl2N3O3/c17-10-5-13(18)15-20-12(8-21(15)7-10)6-14(22)19-11-3-1-9(2-4-11)16(23)24/h5,7-9,11H,1-4,6H2,(H,19,22)(H,23,24). The lowest BCUT2D eigenvalue weighted by atomic mass is 9.86. The van der Waals surface area contributed by atoms with Crippen LogP contribution in [0.3, 0.4) is 0 Å². The van der Waals surface area contributed by atoms with Gasteiger partial charge in [-0.25, -0.2) is 4.98 Å². The van der Waals surface area contributed by atoms with Crippen molar-refractivity contribution in [1.82, 2.24) is 14.7 Å². The van der Waals surface area contributed by atoms with Crippen LogP contribution in [0.15, 0.2) is 18.5 Å². The number of carbonyl (C=O) groups excluding carboxylic acids is 1. The van der Waals surface area contributed by atoms with E-state index in [0.29, 0.717) is 47.1 Å².